The maximum Gasteiger partial charge on any atom is 0.224 e. The summed E-state index contributed by atoms with van der Waals surface area (Å²) in [7, 11) is 1.89. The molecule has 5 nitrogen and oxygen atoms in total. The number of rotatable bonds is 5. The first-order valence-corrected chi connectivity index (χ1v) is 8.63. The molecule has 0 aliphatic carbocycles. The lowest BCUT2D eigenvalue weighted by atomic mass is 10.1. The number of nitrogens with two attached hydrogens (primary N) is 1. The maximum absolute atomic E-state index is 13.5. The summed E-state index contributed by atoms with van der Waals surface area (Å²) in [6.45, 7) is 3.82. The Kier molecular flexibility index (Phi) is 5.04. The number of hydrogen-bond acceptors (Lipinski definition) is 3. The molecule has 1 heterocycles. The number of hydrogen-bond donors (Lipinski definition) is 2. The fraction of sp³-hybridized carbons (Fsp3) is 0.300. The summed E-state index contributed by atoms with van der Waals surface area (Å²) in [5.74, 6) is 0.347. The van der Waals surface area contributed by atoms with Crippen molar-refractivity contribution in [2.75, 3.05) is 5.32 Å². The Bertz CT molecular complexity index is 962. The Morgan fingerprint density at radius 3 is 2.81 bits per heavy atom. The van der Waals surface area contributed by atoms with E-state index >= 15 is 0 Å². The van der Waals surface area contributed by atoms with E-state index in [1.807, 2.05) is 43.7 Å². The largest absolute Gasteiger partial charge is 0.328 e. The van der Waals surface area contributed by atoms with E-state index in [-0.39, 0.29) is 17.8 Å². The minimum atomic E-state index is -0.312. The number of aromatic nitrogens is 2. The molecular weight excluding hydrogens is 331 g/mol. The van der Waals surface area contributed by atoms with Crippen molar-refractivity contribution in [2.24, 2.45) is 12.8 Å². The zero-order valence-corrected chi connectivity index (χ0v) is 15.2. The number of fused-ring (bicyclic) bond motifs is 1. The quantitative estimate of drug-likeness (QED) is 0.733. The van der Waals surface area contributed by atoms with Crippen LogP contribution in [-0.4, -0.2) is 21.5 Å². The van der Waals surface area contributed by atoms with Gasteiger partial charge >= 0.3 is 0 Å². The highest BCUT2D eigenvalue weighted by Gasteiger charge is 2.13. The summed E-state index contributed by atoms with van der Waals surface area (Å²) in [4.78, 5) is 16.7. The fourth-order valence-electron chi connectivity index (χ4n) is 2.90. The number of aryl methyl sites for hydroxylation is 2. The van der Waals surface area contributed by atoms with E-state index in [9.17, 15) is 9.18 Å². The summed E-state index contributed by atoms with van der Waals surface area (Å²) in [6.07, 6.45) is 1.02. The second kappa shape index (κ2) is 7.25. The number of nitrogens with zero attached hydrogens (tertiary/aromatic N) is 2. The Balaban J connectivity index is 1.92. The predicted molar refractivity (Wildman–Crippen MR) is 102 cm³/mol. The summed E-state index contributed by atoms with van der Waals surface area (Å²) >= 11 is 0. The molecule has 0 aliphatic heterocycles. The minimum absolute atomic E-state index is 0.00595. The molecule has 0 fully saturated rings. The van der Waals surface area contributed by atoms with Gasteiger partial charge in [0, 0.05) is 36.8 Å². The number of amides is 1. The first-order valence-electron chi connectivity index (χ1n) is 8.63. The molecular formula is C20H23FN4O. The van der Waals surface area contributed by atoms with Gasteiger partial charge in [0.05, 0.1) is 11.0 Å². The molecule has 0 aliphatic rings. The first kappa shape index (κ1) is 18.1. The van der Waals surface area contributed by atoms with E-state index in [2.05, 4.69) is 10.3 Å². The second-order valence-electron chi connectivity index (χ2n) is 6.72. The van der Waals surface area contributed by atoms with Crippen LogP contribution in [-0.2, 0) is 11.8 Å². The highest BCUT2D eigenvalue weighted by molar-refractivity contribution is 5.92. The molecule has 1 aromatic heterocycles. The third-order valence-corrected chi connectivity index (χ3v) is 4.44. The molecule has 3 aromatic rings. The zero-order valence-electron chi connectivity index (χ0n) is 15.2. The smallest absolute Gasteiger partial charge is 0.224 e. The third-order valence-electron chi connectivity index (χ3n) is 4.44. The van der Waals surface area contributed by atoms with E-state index in [1.165, 1.54) is 12.1 Å². The van der Waals surface area contributed by atoms with Crippen molar-refractivity contribution >= 4 is 22.6 Å². The number of nitrogens with one attached hydrogen (secondary N) is 1. The van der Waals surface area contributed by atoms with Crippen molar-refractivity contribution in [1.29, 1.82) is 0 Å². The fourth-order valence-corrected chi connectivity index (χ4v) is 2.90. The molecule has 0 bridgehead atoms. The van der Waals surface area contributed by atoms with Crippen molar-refractivity contribution in [3.63, 3.8) is 0 Å². The van der Waals surface area contributed by atoms with Gasteiger partial charge in [-0.05, 0) is 44.0 Å². The third kappa shape index (κ3) is 3.75. The van der Waals surface area contributed by atoms with E-state index in [4.69, 9.17) is 5.73 Å². The number of benzene rings is 2. The van der Waals surface area contributed by atoms with Crippen molar-refractivity contribution in [3.05, 3.63) is 47.8 Å². The van der Waals surface area contributed by atoms with Gasteiger partial charge in [0.25, 0.3) is 0 Å². The Morgan fingerprint density at radius 1 is 1.31 bits per heavy atom. The molecule has 1 unspecified atom stereocenters. The number of carbonyl (C=O) groups is 1. The summed E-state index contributed by atoms with van der Waals surface area (Å²) in [6, 6.07) is 10.3. The Hall–Kier alpha value is -2.73. The van der Waals surface area contributed by atoms with E-state index < -0.39 is 0 Å². The van der Waals surface area contributed by atoms with Crippen LogP contribution in [0.4, 0.5) is 10.1 Å². The van der Waals surface area contributed by atoms with Gasteiger partial charge in [-0.2, -0.15) is 0 Å². The molecule has 6 heteroatoms. The topological polar surface area (TPSA) is 72.9 Å². The lowest BCUT2D eigenvalue weighted by Gasteiger charge is -2.11. The number of carbonyl (C=O) groups excluding carboxylic acids is 1. The highest BCUT2D eigenvalue weighted by Crippen LogP contribution is 2.28. The van der Waals surface area contributed by atoms with Gasteiger partial charge in [0.15, 0.2) is 0 Å². The highest BCUT2D eigenvalue weighted by atomic mass is 19.1. The molecule has 3 N–H and O–H groups in total. The number of anilines is 1. The molecule has 0 saturated carbocycles. The normalized spacial score (nSPS) is 12.3. The maximum atomic E-state index is 13.5. The monoisotopic (exact) mass is 354 g/mol. The van der Waals surface area contributed by atoms with Crippen LogP contribution in [0.2, 0.25) is 0 Å². The van der Waals surface area contributed by atoms with Crippen LogP contribution >= 0.6 is 0 Å². The number of halogens is 1. The van der Waals surface area contributed by atoms with E-state index in [0.29, 0.717) is 18.4 Å². The van der Waals surface area contributed by atoms with Gasteiger partial charge in [-0.15, -0.1) is 0 Å². The van der Waals surface area contributed by atoms with Crippen molar-refractivity contribution in [1.82, 2.24) is 9.55 Å². The average molecular weight is 354 g/mol. The number of imidazole rings is 1. The van der Waals surface area contributed by atoms with E-state index in [1.54, 1.807) is 6.07 Å². The van der Waals surface area contributed by atoms with Gasteiger partial charge in [0.2, 0.25) is 5.91 Å². The van der Waals surface area contributed by atoms with Gasteiger partial charge in [-0.1, -0.05) is 12.1 Å². The average Bonchev–Trinajstić information content (AvgIpc) is 2.91. The first-order chi connectivity index (χ1) is 12.3. The lowest BCUT2D eigenvalue weighted by molar-refractivity contribution is -0.116. The summed E-state index contributed by atoms with van der Waals surface area (Å²) < 4.78 is 15.4. The van der Waals surface area contributed by atoms with Crippen LogP contribution in [0.15, 0.2) is 36.4 Å². The molecule has 3 rings (SSSR count). The Labute approximate surface area is 152 Å². The van der Waals surface area contributed by atoms with Crippen molar-refractivity contribution in [3.8, 4) is 11.4 Å². The molecule has 1 amide bonds. The SMILES string of the molecule is Cc1ccc(-c2nc3cc(F)ccc3n2C)cc1NC(=O)CCC(C)N. The van der Waals surface area contributed by atoms with Gasteiger partial charge in [0.1, 0.15) is 11.6 Å². The standard InChI is InChI=1S/C20H23FN4O/c1-12-4-6-14(10-16(12)23-19(26)9-5-13(2)22)20-24-17-11-15(21)7-8-18(17)25(20)3/h4,6-8,10-11,13H,5,9,22H2,1-3H3,(H,23,26). The van der Waals surface area contributed by atoms with Gasteiger partial charge < -0.3 is 15.6 Å². The molecule has 0 spiro atoms. The second-order valence-corrected chi connectivity index (χ2v) is 6.72. The van der Waals surface area contributed by atoms with Crippen LogP contribution in [0.25, 0.3) is 22.4 Å². The van der Waals surface area contributed by atoms with Crippen LogP contribution in [0.1, 0.15) is 25.3 Å². The van der Waals surface area contributed by atoms with Gasteiger partial charge in [-0.3, -0.25) is 4.79 Å². The Morgan fingerprint density at radius 2 is 2.08 bits per heavy atom. The lowest BCUT2D eigenvalue weighted by Crippen LogP contribution is -2.19. The molecule has 0 saturated heterocycles. The van der Waals surface area contributed by atoms with Crippen molar-refractivity contribution < 1.29 is 9.18 Å². The predicted octanol–water partition coefficient (Wildman–Crippen LogP) is 3.75. The molecule has 1 atom stereocenters. The molecule has 2 aromatic carbocycles. The molecule has 0 radical (unpaired) electrons. The van der Waals surface area contributed by atoms with Crippen LogP contribution in [0, 0.1) is 12.7 Å². The molecule has 136 valence electrons. The van der Waals surface area contributed by atoms with Crippen molar-refractivity contribution in [2.45, 2.75) is 32.7 Å². The van der Waals surface area contributed by atoms with Crippen LogP contribution in [0.3, 0.4) is 0 Å². The zero-order chi connectivity index (χ0) is 18.8. The van der Waals surface area contributed by atoms with E-state index in [0.717, 1.165) is 28.2 Å². The van der Waals surface area contributed by atoms with Gasteiger partial charge in [-0.25, -0.2) is 9.37 Å². The summed E-state index contributed by atoms with van der Waals surface area (Å²) in [5.41, 5.74) is 9.73. The minimum Gasteiger partial charge on any atom is -0.328 e. The van der Waals surface area contributed by atoms with Crippen LogP contribution in [0.5, 0.6) is 0 Å². The molecule has 26 heavy (non-hydrogen) atoms. The summed E-state index contributed by atoms with van der Waals surface area (Å²) in [5, 5.41) is 2.95. The van der Waals surface area contributed by atoms with Crippen LogP contribution < -0.4 is 11.1 Å².